The van der Waals surface area contributed by atoms with Gasteiger partial charge in [-0.15, -0.1) is 11.3 Å². The Kier molecular flexibility index (Phi) is 8.85. The molecule has 11 heteroatoms. The number of pyridine rings is 1. The number of rotatable bonds is 11. The topological polar surface area (TPSA) is 125 Å². The molecule has 9 nitrogen and oxygen atoms in total. The van der Waals surface area contributed by atoms with E-state index in [1.807, 2.05) is 12.1 Å². The molecule has 5 N–H and O–H groups in total. The van der Waals surface area contributed by atoms with Gasteiger partial charge < -0.3 is 31.1 Å². The number of thiophene rings is 1. The van der Waals surface area contributed by atoms with Crippen molar-refractivity contribution in [3.8, 4) is 11.5 Å². The number of fused-ring (bicyclic) bond motifs is 1. The highest BCUT2D eigenvalue weighted by Gasteiger charge is 2.15. The quantitative estimate of drug-likeness (QED) is 0.143. The lowest BCUT2D eigenvalue weighted by atomic mass is 10.2. The molecule has 0 bridgehead atoms. The van der Waals surface area contributed by atoms with E-state index in [4.69, 9.17) is 9.84 Å². The molecular weight excluding hydrogens is 509 g/mol. The number of aromatic nitrogens is 1. The third-order valence-electron chi connectivity index (χ3n) is 5.23. The number of nitrogens with zero attached hydrogens (tertiary/aromatic N) is 1. The number of aliphatic hydroxyl groups excluding tert-OH is 1. The summed E-state index contributed by atoms with van der Waals surface area (Å²) in [5, 5.41) is 20.2. The number of aliphatic hydroxyl groups is 1. The van der Waals surface area contributed by atoms with Gasteiger partial charge in [0.1, 0.15) is 12.2 Å². The van der Waals surface area contributed by atoms with Crippen molar-refractivity contribution in [3.05, 3.63) is 83.8 Å². The Labute approximate surface area is 222 Å². The molecule has 0 saturated heterocycles. The van der Waals surface area contributed by atoms with Crippen LogP contribution in [0.25, 0.3) is 15.9 Å². The summed E-state index contributed by atoms with van der Waals surface area (Å²) in [6.07, 6.45) is 2.93. The number of hydrogen-bond donors (Lipinski definition) is 5. The molecule has 0 spiro atoms. The van der Waals surface area contributed by atoms with Crippen molar-refractivity contribution in [1.29, 1.82) is 0 Å². The molecule has 196 valence electrons. The highest BCUT2D eigenvalue weighted by molar-refractivity contribution is 7.20. The monoisotopic (exact) mass is 535 g/mol. The molecule has 2 aromatic carbocycles. The van der Waals surface area contributed by atoms with E-state index in [0.29, 0.717) is 23.5 Å². The molecule has 0 unspecified atom stereocenters. The van der Waals surface area contributed by atoms with Crippen LogP contribution in [-0.2, 0) is 9.59 Å². The van der Waals surface area contributed by atoms with Crippen LogP contribution in [0.15, 0.2) is 73.1 Å². The van der Waals surface area contributed by atoms with Crippen LogP contribution in [0, 0.1) is 5.82 Å². The van der Waals surface area contributed by atoms with Crippen LogP contribution in [0.5, 0.6) is 11.5 Å². The summed E-state index contributed by atoms with van der Waals surface area (Å²) in [7, 11) is 1.78. The number of carbonyl (C=O) groups is 2. The Bertz CT molecular complexity index is 1460. The number of benzene rings is 2. The summed E-state index contributed by atoms with van der Waals surface area (Å²) in [6.45, 7) is 0.427. The molecule has 2 heterocycles. The summed E-state index contributed by atoms with van der Waals surface area (Å²) in [5.74, 6) is -1.33. The Morgan fingerprint density at radius 3 is 2.50 bits per heavy atom. The van der Waals surface area contributed by atoms with Crippen LogP contribution in [0.3, 0.4) is 0 Å². The van der Waals surface area contributed by atoms with Gasteiger partial charge >= 0.3 is 0 Å². The molecule has 0 saturated carbocycles. The van der Waals surface area contributed by atoms with Gasteiger partial charge in [0.2, 0.25) is 11.8 Å². The molecule has 2 amide bonds. The van der Waals surface area contributed by atoms with Crippen molar-refractivity contribution >= 4 is 50.4 Å². The molecule has 0 fully saturated rings. The van der Waals surface area contributed by atoms with Crippen molar-refractivity contribution < 1.29 is 23.8 Å². The molecule has 0 aliphatic rings. The van der Waals surface area contributed by atoms with E-state index in [9.17, 15) is 14.0 Å². The van der Waals surface area contributed by atoms with Crippen LogP contribution >= 0.6 is 11.3 Å². The van der Waals surface area contributed by atoms with Gasteiger partial charge in [-0.25, -0.2) is 4.39 Å². The standard InChI is InChI=1S/C27H26FN5O4S/c1-29-21(16-30-11-12-34)24-14-20-27(38-24)23(9-10-31-20)37-22-8-7-18(13-19(22)28)33-26(36)15-25(35)32-17-5-3-2-4-6-17/h2-10,13-14,16,29-30,34H,11-12,15H2,1H3,(H,32,35)(H,33,36)/b21-16-. The molecule has 4 aromatic rings. The van der Waals surface area contributed by atoms with Gasteiger partial charge in [-0.3, -0.25) is 14.6 Å². The summed E-state index contributed by atoms with van der Waals surface area (Å²) < 4.78 is 21.5. The number of carbonyl (C=O) groups excluding carboxylic acids is 2. The number of hydrogen-bond acceptors (Lipinski definition) is 8. The van der Waals surface area contributed by atoms with Crippen molar-refractivity contribution in [2.45, 2.75) is 6.42 Å². The van der Waals surface area contributed by atoms with Gasteiger partial charge in [-0.05, 0) is 30.3 Å². The lowest BCUT2D eigenvalue weighted by molar-refractivity contribution is -0.123. The summed E-state index contributed by atoms with van der Waals surface area (Å²) >= 11 is 1.42. The van der Waals surface area contributed by atoms with Crippen LogP contribution in [-0.4, -0.2) is 42.1 Å². The largest absolute Gasteiger partial charge is 0.453 e. The maximum atomic E-state index is 14.9. The van der Waals surface area contributed by atoms with Gasteiger partial charge in [-0.2, -0.15) is 0 Å². The number of amides is 2. The lowest BCUT2D eigenvalue weighted by Gasteiger charge is -2.10. The first-order valence-corrected chi connectivity index (χ1v) is 12.5. The van der Waals surface area contributed by atoms with Gasteiger partial charge in [0.05, 0.1) is 27.4 Å². The van der Waals surface area contributed by atoms with Crippen molar-refractivity contribution in [2.75, 3.05) is 30.8 Å². The molecule has 38 heavy (non-hydrogen) atoms. The molecule has 0 aliphatic carbocycles. The zero-order valence-electron chi connectivity index (χ0n) is 20.5. The Balaban J connectivity index is 1.43. The first-order chi connectivity index (χ1) is 18.5. The van der Waals surface area contributed by atoms with E-state index in [1.165, 1.54) is 23.5 Å². The number of halogens is 1. The van der Waals surface area contributed by atoms with E-state index in [1.54, 1.807) is 49.8 Å². The van der Waals surface area contributed by atoms with E-state index in [0.717, 1.165) is 21.3 Å². The highest BCUT2D eigenvalue weighted by Crippen LogP contribution is 2.37. The maximum Gasteiger partial charge on any atom is 0.233 e. The smallest absolute Gasteiger partial charge is 0.233 e. The minimum Gasteiger partial charge on any atom is -0.453 e. The van der Waals surface area contributed by atoms with Crippen molar-refractivity contribution in [1.82, 2.24) is 15.6 Å². The van der Waals surface area contributed by atoms with E-state index in [2.05, 4.69) is 26.3 Å². The first kappa shape index (κ1) is 26.6. The third-order valence-corrected chi connectivity index (χ3v) is 6.40. The molecule has 0 radical (unpaired) electrons. The molecular formula is C27H26FN5O4S. The van der Waals surface area contributed by atoms with Crippen molar-refractivity contribution in [3.63, 3.8) is 0 Å². The SMILES string of the molecule is CN/C(=C\NCCO)c1cc2nccc(Oc3ccc(NC(=O)CC(=O)Nc4ccccc4)cc3F)c2s1. The van der Waals surface area contributed by atoms with Gasteiger partial charge in [0.15, 0.2) is 11.6 Å². The summed E-state index contributed by atoms with van der Waals surface area (Å²) in [4.78, 5) is 29.6. The summed E-state index contributed by atoms with van der Waals surface area (Å²) in [5.41, 5.74) is 2.27. The number of ether oxygens (including phenoxy) is 1. The van der Waals surface area contributed by atoms with Crippen LogP contribution < -0.4 is 26.0 Å². The zero-order chi connectivity index (χ0) is 26.9. The zero-order valence-corrected chi connectivity index (χ0v) is 21.3. The normalized spacial score (nSPS) is 11.2. The number of nitrogens with one attached hydrogen (secondary N) is 4. The average Bonchev–Trinajstić information content (AvgIpc) is 3.34. The number of para-hydroxylation sites is 1. The second-order valence-electron chi connectivity index (χ2n) is 8.01. The third kappa shape index (κ3) is 6.84. The van der Waals surface area contributed by atoms with Gasteiger partial charge in [0, 0.05) is 49.5 Å². The van der Waals surface area contributed by atoms with Crippen molar-refractivity contribution in [2.24, 2.45) is 0 Å². The average molecular weight is 536 g/mol. The van der Waals surface area contributed by atoms with Crippen LogP contribution in [0.4, 0.5) is 15.8 Å². The minimum atomic E-state index is -0.678. The Hall–Kier alpha value is -4.48. The second kappa shape index (κ2) is 12.7. The van der Waals surface area contributed by atoms with E-state index >= 15 is 0 Å². The van der Waals surface area contributed by atoms with E-state index < -0.39 is 24.1 Å². The molecule has 0 aliphatic heterocycles. The second-order valence-corrected chi connectivity index (χ2v) is 9.06. The Morgan fingerprint density at radius 1 is 1.03 bits per heavy atom. The number of anilines is 2. The minimum absolute atomic E-state index is 0.0110. The fourth-order valence-corrected chi connectivity index (χ4v) is 4.58. The fraction of sp³-hybridized carbons (Fsp3) is 0.148. The predicted octanol–water partition coefficient (Wildman–Crippen LogP) is 4.29. The van der Waals surface area contributed by atoms with Gasteiger partial charge in [-0.1, -0.05) is 18.2 Å². The fourth-order valence-electron chi connectivity index (χ4n) is 3.49. The first-order valence-electron chi connectivity index (χ1n) is 11.7. The highest BCUT2D eigenvalue weighted by atomic mass is 32.1. The Morgan fingerprint density at radius 2 is 1.79 bits per heavy atom. The van der Waals surface area contributed by atoms with E-state index in [-0.39, 0.29) is 18.0 Å². The van der Waals surface area contributed by atoms with Gasteiger partial charge in [0.25, 0.3) is 0 Å². The summed E-state index contributed by atoms with van der Waals surface area (Å²) in [6, 6.07) is 16.4. The lowest BCUT2D eigenvalue weighted by Crippen LogP contribution is -2.21. The predicted molar refractivity (Wildman–Crippen MR) is 147 cm³/mol. The molecule has 0 atom stereocenters. The van der Waals surface area contributed by atoms with Crippen LogP contribution in [0.2, 0.25) is 0 Å². The molecule has 2 aromatic heterocycles. The van der Waals surface area contributed by atoms with Crippen LogP contribution in [0.1, 0.15) is 11.3 Å². The maximum absolute atomic E-state index is 14.9. The molecule has 4 rings (SSSR count).